The lowest BCUT2D eigenvalue weighted by molar-refractivity contribution is 0.277. The van der Waals surface area contributed by atoms with E-state index >= 15 is 0 Å². The summed E-state index contributed by atoms with van der Waals surface area (Å²) in [6.07, 6.45) is 3.99. The number of hydrogen-bond donors (Lipinski definition) is 1. The van der Waals surface area contributed by atoms with Crippen molar-refractivity contribution in [3.8, 4) is 11.1 Å². The SMILES string of the molecule is Cc1noc(C)c1-c1cc(N)c2nc(C)n(CC3CCC3)c2c1. The smallest absolute Gasteiger partial charge is 0.141 e. The van der Waals surface area contributed by atoms with E-state index in [-0.39, 0.29) is 0 Å². The van der Waals surface area contributed by atoms with Crippen molar-refractivity contribution in [1.82, 2.24) is 14.7 Å². The first-order valence-electron chi connectivity index (χ1n) is 8.24. The summed E-state index contributed by atoms with van der Waals surface area (Å²) in [4.78, 5) is 4.69. The van der Waals surface area contributed by atoms with Crippen molar-refractivity contribution in [2.75, 3.05) is 5.73 Å². The van der Waals surface area contributed by atoms with Crippen molar-refractivity contribution in [3.63, 3.8) is 0 Å². The Kier molecular flexibility index (Phi) is 3.18. The Morgan fingerprint density at radius 3 is 2.65 bits per heavy atom. The first kappa shape index (κ1) is 14.3. The predicted octanol–water partition coefficient (Wildman–Crippen LogP) is 4.00. The van der Waals surface area contributed by atoms with E-state index in [1.165, 1.54) is 19.3 Å². The molecule has 5 nitrogen and oxygen atoms in total. The summed E-state index contributed by atoms with van der Waals surface area (Å²) in [5.41, 5.74) is 12.0. The van der Waals surface area contributed by atoms with Gasteiger partial charge in [-0.05, 0) is 57.2 Å². The van der Waals surface area contributed by atoms with Gasteiger partial charge in [0.15, 0.2) is 0 Å². The minimum absolute atomic E-state index is 0.716. The number of anilines is 1. The largest absolute Gasteiger partial charge is 0.397 e. The molecule has 0 radical (unpaired) electrons. The zero-order chi connectivity index (χ0) is 16.1. The molecular weight excluding hydrogens is 288 g/mol. The maximum Gasteiger partial charge on any atom is 0.141 e. The minimum Gasteiger partial charge on any atom is -0.397 e. The highest BCUT2D eigenvalue weighted by Crippen LogP contribution is 2.35. The van der Waals surface area contributed by atoms with Gasteiger partial charge in [-0.1, -0.05) is 11.6 Å². The van der Waals surface area contributed by atoms with Gasteiger partial charge in [-0.15, -0.1) is 0 Å². The highest BCUT2D eigenvalue weighted by atomic mass is 16.5. The van der Waals surface area contributed by atoms with Crippen molar-refractivity contribution >= 4 is 16.7 Å². The first-order chi connectivity index (χ1) is 11.0. The first-order valence-corrected chi connectivity index (χ1v) is 8.24. The second-order valence-electron chi connectivity index (χ2n) is 6.70. The van der Waals surface area contributed by atoms with E-state index < -0.39 is 0 Å². The summed E-state index contributed by atoms with van der Waals surface area (Å²) >= 11 is 0. The standard InChI is InChI=1S/C18H22N4O/c1-10-17(11(2)23-21-10)14-7-15(19)18-16(8-14)22(12(3)20-18)9-13-5-4-6-13/h7-8,13H,4-6,9,19H2,1-3H3. The number of benzene rings is 1. The van der Waals surface area contributed by atoms with E-state index in [0.29, 0.717) is 5.69 Å². The number of imidazole rings is 1. The molecule has 4 rings (SSSR count). The Labute approximate surface area is 135 Å². The minimum atomic E-state index is 0.716. The number of aromatic nitrogens is 3. The molecule has 23 heavy (non-hydrogen) atoms. The van der Waals surface area contributed by atoms with Gasteiger partial charge in [0.1, 0.15) is 17.1 Å². The molecule has 1 aliphatic rings. The normalized spacial score (nSPS) is 15.3. The van der Waals surface area contributed by atoms with Gasteiger partial charge in [-0.25, -0.2) is 4.98 Å². The molecule has 2 aromatic heterocycles. The van der Waals surface area contributed by atoms with Crippen LogP contribution in [0.2, 0.25) is 0 Å². The predicted molar refractivity (Wildman–Crippen MR) is 91.2 cm³/mol. The van der Waals surface area contributed by atoms with Crippen molar-refractivity contribution in [3.05, 3.63) is 29.4 Å². The van der Waals surface area contributed by atoms with Crippen LogP contribution in [0.1, 0.15) is 36.5 Å². The summed E-state index contributed by atoms with van der Waals surface area (Å²) in [5, 5.41) is 4.06. The summed E-state index contributed by atoms with van der Waals surface area (Å²) < 4.78 is 7.63. The zero-order valence-electron chi connectivity index (χ0n) is 13.9. The van der Waals surface area contributed by atoms with E-state index in [4.69, 9.17) is 15.2 Å². The van der Waals surface area contributed by atoms with Crippen LogP contribution in [-0.2, 0) is 6.54 Å². The molecule has 0 aliphatic heterocycles. The third-order valence-corrected chi connectivity index (χ3v) is 5.06. The van der Waals surface area contributed by atoms with E-state index in [0.717, 1.165) is 51.9 Å². The quantitative estimate of drug-likeness (QED) is 0.742. The van der Waals surface area contributed by atoms with Crippen LogP contribution in [0.3, 0.4) is 0 Å². The molecule has 120 valence electrons. The fraction of sp³-hybridized carbons (Fsp3) is 0.444. The van der Waals surface area contributed by atoms with E-state index in [1.807, 2.05) is 19.9 Å². The molecule has 1 saturated carbocycles. The van der Waals surface area contributed by atoms with Crippen molar-refractivity contribution in [2.45, 2.75) is 46.6 Å². The Morgan fingerprint density at radius 1 is 1.26 bits per heavy atom. The van der Waals surface area contributed by atoms with Crippen molar-refractivity contribution in [2.24, 2.45) is 5.92 Å². The number of rotatable bonds is 3. The monoisotopic (exact) mass is 310 g/mol. The molecule has 2 heterocycles. The van der Waals surface area contributed by atoms with Gasteiger partial charge in [0.2, 0.25) is 0 Å². The second-order valence-corrected chi connectivity index (χ2v) is 6.70. The highest BCUT2D eigenvalue weighted by molar-refractivity contribution is 5.93. The maximum atomic E-state index is 6.30. The lowest BCUT2D eigenvalue weighted by Gasteiger charge is -2.26. The molecule has 0 bridgehead atoms. The lowest BCUT2D eigenvalue weighted by Crippen LogP contribution is -2.18. The molecule has 1 fully saturated rings. The van der Waals surface area contributed by atoms with Gasteiger partial charge < -0.3 is 14.8 Å². The molecule has 0 saturated heterocycles. The molecule has 0 unspecified atom stereocenters. The Bertz CT molecular complexity index is 867. The van der Waals surface area contributed by atoms with E-state index in [2.05, 4.69) is 22.7 Å². The molecule has 1 aromatic carbocycles. The zero-order valence-corrected chi connectivity index (χ0v) is 13.9. The van der Waals surface area contributed by atoms with Crippen molar-refractivity contribution in [1.29, 1.82) is 0 Å². The third-order valence-electron chi connectivity index (χ3n) is 5.06. The fourth-order valence-electron chi connectivity index (χ4n) is 3.57. The fourth-order valence-corrected chi connectivity index (χ4v) is 3.57. The van der Waals surface area contributed by atoms with Crippen LogP contribution in [-0.4, -0.2) is 14.7 Å². The van der Waals surface area contributed by atoms with E-state index in [1.54, 1.807) is 0 Å². The number of aryl methyl sites for hydroxylation is 3. The summed E-state index contributed by atoms with van der Waals surface area (Å²) in [5.74, 6) is 2.63. The van der Waals surface area contributed by atoms with Gasteiger partial charge in [-0.3, -0.25) is 0 Å². The molecule has 0 spiro atoms. The number of nitrogen functional groups attached to an aromatic ring is 1. The summed E-state index contributed by atoms with van der Waals surface area (Å²) in [6.45, 7) is 7.00. The molecule has 3 aromatic rings. The van der Waals surface area contributed by atoms with Crippen molar-refractivity contribution < 1.29 is 4.52 Å². The van der Waals surface area contributed by atoms with Crippen LogP contribution < -0.4 is 5.73 Å². The molecule has 0 atom stereocenters. The number of nitrogens with zero attached hydrogens (tertiary/aromatic N) is 3. The van der Waals surface area contributed by atoms with Gasteiger partial charge in [-0.2, -0.15) is 0 Å². The average Bonchev–Trinajstić information content (AvgIpc) is 2.95. The molecule has 2 N–H and O–H groups in total. The summed E-state index contributed by atoms with van der Waals surface area (Å²) in [7, 11) is 0. The second kappa shape index (κ2) is 5.11. The van der Waals surface area contributed by atoms with Crippen LogP contribution in [0, 0.1) is 26.7 Å². The molecule has 5 heteroatoms. The Morgan fingerprint density at radius 2 is 2.04 bits per heavy atom. The topological polar surface area (TPSA) is 69.9 Å². The van der Waals surface area contributed by atoms with Crippen LogP contribution in [0.5, 0.6) is 0 Å². The average molecular weight is 310 g/mol. The molecule has 0 amide bonds. The Hall–Kier alpha value is -2.30. The van der Waals surface area contributed by atoms with Gasteiger partial charge >= 0.3 is 0 Å². The third kappa shape index (κ3) is 2.22. The number of hydrogen-bond acceptors (Lipinski definition) is 4. The van der Waals surface area contributed by atoms with E-state index in [9.17, 15) is 0 Å². The lowest BCUT2D eigenvalue weighted by atomic mass is 9.85. The van der Waals surface area contributed by atoms with Gasteiger partial charge in [0.05, 0.1) is 16.9 Å². The van der Waals surface area contributed by atoms with Crippen LogP contribution in [0.4, 0.5) is 5.69 Å². The summed E-state index contributed by atoms with van der Waals surface area (Å²) in [6, 6.07) is 4.16. The number of fused-ring (bicyclic) bond motifs is 1. The molecular formula is C18H22N4O. The maximum absolute atomic E-state index is 6.30. The van der Waals surface area contributed by atoms with Crippen LogP contribution in [0.25, 0.3) is 22.2 Å². The number of nitrogens with two attached hydrogens (primary N) is 1. The highest BCUT2D eigenvalue weighted by Gasteiger charge is 2.21. The van der Waals surface area contributed by atoms with Gasteiger partial charge in [0, 0.05) is 12.1 Å². The van der Waals surface area contributed by atoms with Crippen LogP contribution in [0.15, 0.2) is 16.7 Å². The molecule has 1 aliphatic carbocycles. The van der Waals surface area contributed by atoms with Crippen LogP contribution >= 0.6 is 0 Å². The Balaban J connectivity index is 1.89. The van der Waals surface area contributed by atoms with Gasteiger partial charge in [0.25, 0.3) is 0 Å².